The smallest absolute Gasteiger partial charge is 0.119 e. The van der Waals surface area contributed by atoms with Crippen molar-refractivity contribution in [3.63, 3.8) is 0 Å². The maximum atomic E-state index is 5.41. The minimum Gasteiger partial charge on any atom is -0.494 e. The van der Waals surface area contributed by atoms with Gasteiger partial charge in [0, 0.05) is 12.2 Å². The maximum absolute atomic E-state index is 5.41. The first-order chi connectivity index (χ1) is 8.86. The predicted molar refractivity (Wildman–Crippen MR) is 79.5 cm³/mol. The summed E-state index contributed by atoms with van der Waals surface area (Å²) >= 11 is 0. The Morgan fingerprint density at radius 2 is 1.56 bits per heavy atom. The summed E-state index contributed by atoms with van der Waals surface area (Å²) in [4.78, 5) is 0. The highest BCUT2D eigenvalue weighted by molar-refractivity contribution is 5.46. The number of hydrogen-bond acceptors (Lipinski definition) is 2. The number of rotatable bonds is 10. The minimum atomic E-state index is 0.727. The van der Waals surface area contributed by atoms with Crippen LogP contribution in [0, 0.1) is 0 Å². The van der Waals surface area contributed by atoms with Crippen LogP contribution in [-0.2, 0) is 0 Å². The summed E-state index contributed by atoms with van der Waals surface area (Å²) in [6.07, 6.45) is 8.07. The summed E-state index contributed by atoms with van der Waals surface area (Å²) in [7, 11) is 0. The first-order valence-corrected chi connectivity index (χ1v) is 7.33. The quantitative estimate of drug-likeness (QED) is 0.598. The first kappa shape index (κ1) is 14.9. The Balaban J connectivity index is 2.08. The van der Waals surface area contributed by atoms with Gasteiger partial charge in [-0.15, -0.1) is 0 Å². The molecule has 2 heteroatoms. The molecule has 0 aliphatic rings. The van der Waals surface area contributed by atoms with Gasteiger partial charge in [0.15, 0.2) is 0 Å². The molecular formula is C16H27NO. The lowest BCUT2D eigenvalue weighted by atomic mass is 10.1. The Morgan fingerprint density at radius 1 is 0.889 bits per heavy atom. The molecule has 0 aliphatic heterocycles. The van der Waals surface area contributed by atoms with Crippen molar-refractivity contribution in [2.75, 3.05) is 18.5 Å². The standard InChI is InChI=1S/C16H27NO/c1-3-5-6-7-8-9-14-17-15-10-12-16(13-11-15)18-4-2/h10-13,17H,3-9,14H2,1-2H3. The molecule has 0 bridgehead atoms. The Kier molecular flexibility index (Phi) is 8.11. The maximum Gasteiger partial charge on any atom is 0.119 e. The summed E-state index contributed by atoms with van der Waals surface area (Å²) < 4.78 is 5.41. The highest BCUT2D eigenvalue weighted by Crippen LogP contribution is 2.15. The molecule has 0 aliphatic carbocycles. The van der Waals surface area contributed by atoms with Crippen LogP contribution in [0.3, 0.4) is 0 Å². The summed E-state index contributed by atoms with van der Waals surface area (Å²) in [6, 6.07) is 8.21. The SMILES string of the molecule is CCCCCCCCNc1ccc(OCC)cc1. The zero-order valence-electron chi connectivity index (χ0n) is 11.9. The van der Waals surface area contributed by atoms with E-state index in [0.29, 0.717) is 0 Å². The molecule has 0 spiro atoms. The van der Waals surface area contributed by atoms with E-state index in [1.807, 2.05) is 19.1 Å². The molecular weight excluding hydrogens is 222 g/mol. The number of nitrogens with one attached hydrogen (secondary N) is 1. The van der Waals surface area contributed by atoms with Crippen LogP contribution in [-0.4, -0.2) is 13.2 Å². The molecule has 0 heterocycles. The average Bonchev–Trinajstić information content (AvgIpc) is 2.40. The third kappa shape index (κ3) is 6.53. The molecule has 0 saturated heterocycles. The van der Waals surface area contributed by atoms with Crippen molar-refractivity contribution in [3.05, 3.63) is 24.3 Å². The van der Waals surface area contributed by atoms with Gasteiger partial charge in [0.25, 0.3) is 0 Å². The lowest BCUT2D eigenvalue weighted by Gasteiger charge is -2.08. The molecule has 1 aromatic carbocycles. The van der Waals surface area contributed by atoms with Crippen LogP contribution in [0.1, 0.15) is 52.4 Å². The monoisotopic (exact) mass is 249 g/mol. The molecule has 102 valence electrons. The van der Waals surface area contributed by atoms with Crippen LogP contribution in [0.15, 0.2) is 24.3 Å². The van der Waals surface area contributed by atoms with Crippen LogP contribution in [0.2, 0.25) is 0 Å². The molecule has 2 nitrogen and oxygen atoms in total. The van der Waals surface area contributed by atoms with Crippen molar-refractivity contribution < 1.29 is 4.74 Å². The molecule has 0 saturated carbocycles. The molecule has 0 amide bonds. The Hall–Kier alpha value is -1.18. The minimum absolute atomic E-state index is 0.727. The van der Waals surface area contributed by atoms with E-state index in [1.165, 1.54) is 44.2 Å². The van der Waals surface area contributed by atoms with Crippen LogP contribution in [0.4, 0.5) is 5.69 Å². The van der Waals surface area contributed by atoms with E-state index >= 15 is 0 Å². The van der Waals surface area contributed by atoms with Crippen molar-refractivity contribution in [3.8, 4) is 5.75 Å². The van der Waals surface area contributed by atoms with Gasteiger partial charge in [0.1, 0.15) is 5.75 Å². The largest absolute Gasteiger partial charge is 0.494 e. The number of hydrogen-bond donors (Lipinski definition) is 1. The first-order valence-electron chi connectivity index (χ1n) is 7.33. The fourth-order valence-electron chi connectivity index (χ4n) is 1.97. The second kappa shape index (κ2) is 9.81. The molecule has 1 rings (SSSR count). The second-order valence-electron chi connectivity index (χ2n) is 4.65. The molecule has 1 aromatic rings. The lowest BCUT2D eigenvalue weighted by molar-refractivity contribution is 0.340. The van der Waals surface area contributed by atoms with Crippen molar-refractivity contribution in [1.82, 2.24) is 0 Å². The highest BCUT2D eigenvalue weighted by Gasteiger charge is 1.94. The van der Waals surface area contributed by atoms with E-state index in [-0.39, 0.29) is 0 Å². The van der Waals surface area contributed by atoms with E-state index < -0.39 is 0 Å². The molecule has 0 unspecified atom stereocenters. The zero-order chi connectivity index (χ0) is 13.1. The third-order valence-electron chi connectivity index (χ3n) is 3.02. The highest BCUT2D eigenvalue weighted by atomic mass is 16.5. The lowest BCUT2D eigenvalue weighted by Crippen LogP contribution is -2.01. The topological polar surface area (TPSA) is 21.3 Å². The summed E-state index contributed by atoms with van der Waals surface area (Å²) in [5, 5.41) is 3.45. The van der Waals surface area contributed by atoms with Gasteiger partial charge in [-0.1, -0.05) is 39.0 Å². The molecule has 1 N–H and O–H groups in total. The van der Waals surface area contributed by atoms with Crippen molar-refractivity contribution >= 4 is 5.69 Å². The fraction of sp³-hybridized carbons (Fsp3) is 0.625. The zero-order valence-corrected chi connectivity index (χ0v) is 11.9. The van der Waals surface area contributed by atoms with Gasteiger partial charge >= 0.3 is 0 Å². The van der Waals surface area contributed by atoms with Gasteiger partial charge in [0.2, 0.25) is 0 Å². The molecule has 0 atom stereocenters. The van der Waals surface area contributed by atoms with Gasteiger partial charge in [-0.05, 0) is 37.6 Å². The van der Waals surface area contributed by atoms with Crippen LogP contribution >= 0.6 is 0 Å². The summed E-state index contributed by atoms with van der Waals surface area (Å²) in [5.41, 5.74) is 1.19. The number of anilines is 1. The number of ether oxygens (including phenoxy) is 1. The average molecular weight is 249 g/mol. The Morgan fingerprint density at radius 3 is 2.22 bits per heavy atom. The normalized spacial score (nSPS) is 10.3. The van der Waals surface area contributed by atoms with E-state index in [2.05, 4.69) is 24.4 Å². The van der Waals surface area contributed by atoms with E-state index in [4.69, 9.17) is 4.74 Å². The van der Waals surface area contributed by atoms with E-state index in [9.17, 15) is 0 Å². The third-order valence-corrected chi connectivity index (χ3v) is 3.02. The van der Waals surface area contributed by atoms with Gasteiger partial charge in [-0.2, -0.15) is 0 Å². The summed E-state index contributed by atoms with van der Waals surface area (Å²) in [6.45, 7) is 6.06. The van der Waals surface area contributed by atoms with Crippen LogP contribution in [0.5, 0.6) is 5.75 Å². The molecule has 0 aromatic heterocycles. The van der Waals surface area contributed by atoms with E-state index in [0.717, 1.165) is 18.9 Å². The van der Waals surface area contributed by atoms with Gasteiger partial charge in [-0.3, -0.25) is 0 Å². The number of benzene rings is 1. The summed E-state index contributed by atoms with van der Waals surface area (Å²) in [5.74, 6) is 0.947. The molecule has 0 radical (unpaired) electrons. The van der Waals surface area contributed by atoms with Gasteiger partial charge < -0.3 is 10.1 Å². The Labute approximate surface area is 112 Å². The second-order valence-corrected chi connectivity index (χ2v) is 4.65. The van der Waals surface area contributed by atoms with Crippen molar-refractivity contribution in [2.24, 2.45) is 0 Å². The Bertz CT molecular complexity index is 294. The fourth-order valence-corrected chi connectivity index (χ4v) is 1.97. The molecule has 18 heavy (non-hydrogen) atoms. The number of unbranched alkanes of at least 4 members (excludes halogenated alkanes) is 5. The van der Waals surface area contributed by atoms with Crippen LogP contribution < -0.4 is 10.1 Å². The predicted octanol–water partition coefficient (Wildman–Crippen LogP) is 4.86. The van der Waals surface area contributed by atoms with Gasteiger partial charge in [-0.25, -0.2) is 0 Å². The van der Waals surface area contributed by atoms with Crippen molar-refractivity contribution in [1.29, 1.82) is 0 Å². The van der Waals surface area contributed by atoms with Crippen LogP contribution in [0.25, 0.3) is 0 Å². The van der Waals surface area contributed by atoms with Crippen molar-refractivity contribution in [2.45, 2.75) is 52.4 Å². The van der Waals surface area contributed by atoms with Gasteiger partial charge in [0.05, 0.1) is 6.61 Å². The van der Waals surface area contributed by atoms with E-state index in [1.54, 1.807) is 0 Å². The molecule has 0 fully saturated rings.